The van der Waals surface area contributed by atoms with Crippen LogP contribution in [0.15, 0.2) is 60.3 Å². The highest BCUT2D eigenvalue weighted by molar-refractivity contribution is 7.97. The molecular weight excluding hydrogens is 531 g/mol. The molecule has 4 rings (SSSR count). The van der Waals surface area contributed by atoms with Crippen LogP contribution in [0.4, 0.5) is 13.2 Å². The number of allylic oxidation sites excluding steroid dienone is 1. The number of aryl methyl sites for hydroxylation is 2. The molecule has 0 aliphatic carbocycles. The van der Waals surface area contributed by atoms with Crippen LogP contribution < -0.4 is 5.49 Å². The van der Waals surface area contributed by atoms with Crippen LogP contribution in [0, 0.1) is 37.5 Å². The highest BCUT2D eigenvalue weighted by atomic mass is 32.2. The van der Waals surface area contributed by atoms with Crippen LogP contribution in [-0.4, -0.2) is 32.4 Å². The summed E-state index contributed by atoms with van der Waals surface area (Å²) in [5.74, 6) is -1.24. The van der Waals surface area contributed by atoms with Crippen LogP contribution in [0.1, 0.15) is 64.8 Å². The third kappa shape index (κ3) is 6.41. The largest absolute Gasteiger partial charge is 0.449 e. The fourth-order valence-corrected chi connectivity index (χ4v) is 6.47. The highest BCUT2D eigenvalue weighted by Crippen LogP contribution is 2.36. The van der Waals surface area contributed by atoms with Crippen LogP contribution in [0.2, 0.25) is 0 Å². The normalized spacial score (nSPS) is 16.7. The standard InChI is InChI=1S/C31H36F3N5S/c1-6-8-26(25-11-12-39(29(35)21(25)5)30(36)31(32,33)34)23-10-9-20(4)24(15-23)18-38-17-22(7-2)14-27-28(40-38)13-19(3)16-37-27/h6,9-13,15-16,22,26,35-36H,1,7-8,14,17-18H2,2-5H3. The molecule has 1 aliphatic heterocycles. The zero-order chi connectivity index (χ0) is 29.2. The smallest absolute Gasteiger partial charge is 0.284 e. The van der Waals surface area contributed by atoms with E-state index in [0.29, 0.717) is 22.5 Å². The van der Waals surface area contributed by atoms with Crippen LogP contribution in [0.3, 0.4) is 0 Å². The van der Waals surface area contributed by atoms with E-state index in [1.165, 1.54) is 22.2 Å². The minimum absolute atomic E-state index is 0.177. The van der Waals surface area contributed by atoms with E-state index in [9.17, 15) is 13.2 Å². The predicted molar refractivity (Wildman–Crippen MR) is 155 cm³/mol. The van der Waals surface area contributed by atoms with E-state index in [4.69, 9.17) is 15.8 Å². The van der Waals surface area contributed by atoms with E-state index in [1.54, 1.807) is 31.0 Å². The van der Waals surface area contributed by atoms with Crippen molar-refractivity contribution in [3.05, 3.63) is 99.9 Å². The van der Waals surface area contributed by atoms with Crippen molar-refractivity contribution in [2.45, 2.75) is 70.5 Å². The lowest BCUT2D eigenvalue weighted by molar-refractivity contribution is -0.0626. The van der Waals surface area contributed by atoms with E-state index in [1.807, 2.05) is 6.20 Å². The first-order valence-corrected chi connectivity index (χ1v) is 14.2. The van der Waals surface area contributed by atoms with Crippen molar-refractivity contribution in [3.63, 3.8) is 0 Å². The van der Waals surface area contributed by atoms with Gasteiger partial charge in [-0.25, -0.2) is 4.31 Å². The summed E-state index contributed by atoms with van der Waals surface area (Å²) in [7, 11) is 0. The number of aromatic nitrogens is 2. The minimum atomic E-state index is -4.84. The summed E-state index contributed by atoms with van der Waals surface area (Å²) in [6.45, 7) is 13.6. The van der Waals surface area contributed by atoms with Gasteiger partial charge in [0.15, 0.2) is 0 Å². The fraction of sp³-hybridized carbons (Fsp3) is 0.387. The second-order valence-corrected chi connectivity index (χ2v) is 11.7. The van der Waals surface area contributed by atoms with Crippen molar-refractivity contribution in [2.75, 3.05) is 6.54 Å². The Kier molecular flexibility index (Phi) is 9.05. The Hall–Kier alpha value is -3.17. The van der Waals surface area contributed by atoms with Gasteiger partial charge in [0.1, 0.15) is 5.49 Å². The Morgan fingerprint density at radius 1 is 1.23 bits per heavy atom. The van der Waals surface area contributed by atoms with Gasteiger partial charge in [0.2, 0.25) is 5.84 Å². The Bertz CT molecular complexity index is 1480. The van der Waals surface area contributed by atoms with Crippen molar-refractivity contribution >= 4 is 17.8 Å². The molecule has 0 fully saturated rings. The molecular formula is C31H36F3N5S. The molecule has 0 saturated carbocycles. The molecule has 3 heterocycles. The number of rotatable bonds is 7. The van der Waals surface area contributed by atoms with Gasteiger partial charge in [0.05, 0.1) is 5.69 Å². The molecule has 212 valence electrons. The number of benzene rings is 1. The zero-order valence-electron chi connectivity index (χ0n) is 23.4. The van der Waals surface area contributed by atoms with Gasteiger partial charge in [-0.1, -0.05) is 37.6 Å². The van der Waals surface area contributed by atoms with E-state index in [-0.39, 0.29) is 11.4 Å². The van der Waals surface area contributed by atoms with E-state index < -0.39 is 12.0 Å². The van der Waals surface area contributed by atoms with Crippen LogP contribution >= 0.6 is 11.9 Å². The van der Waals surface area contributed by atoms with Gasteiger partial charge in [0, 0.05) is 36.3 Å². The second kappa shape index (κ2) is 12.1. The first-order valence-electron chi connectivity index (χ1n) is 13.4. The first-order chi connectivity index (χ1) is 18.9. The number of halogens is 3. The summed E-state index contributed by atoms with van der Waals surface area (Å²) in [4.78, 5) is 5.93. The zero-order valence-corrected chi connectivity index (χ0v) is 24.2. The van der Waals surface area contributed by atoms with Gasteiger partial charge in [-0.2, -0.15) is 13.2 Å². The Morgan fingerprint density at radius 2 is 1.98 bits per heavy atom. The van der Waals surface area contributed by atoms with E-state index in [2.05, 4.69) is 55.9 Å². The second-order valence-electron chi connectivity index (χ2n) is 10.6. The first kappa shape index (κ1) is 29.8. The number of alkyl halides is 3. The summed E-state index contributed by atoms with van der Waals surface area (Å²) in [6, 6.07) is 10.2. The molecule has 0 amide bonds. The lowest BCUT2D eigenvalue weighted by atomic mass is 9.85. The summed E-state index contributed by atoms with van der Waals surface area (Å²) in [6.07, 6.45) is 2.69. The third-order valence-corrected chi connectivity index (χ3v) is 8.74. The van der Waals surface area contributed by atoms with Crippen LogP contribution in [0.25, 0.3) is 0 Å². The van der Waals surface area contributed by atoms with Crippen molar-refractivity contribution in [1.82, 2.24) is 13.9 Å². The van der Waals surface area contributed by atoms with E-state index >= 15 is 0 Å². The Morgan fingerprint density at radius 3 is 2.65 bits per heavy atom. The number of fused-ring (bicyclic) bond motifs is 1. The third-order valence-electron chi connectivity index (χ3n) is 7.66. The van der Waals surface area contributed by atoms with Crippen LogP contribution in [-0.2, 0) is 13.0 Å². The summed E-state index contributed by atoms with van der Waals surface area (Å²) >= 11 is 1.76. The van der Waals surface area contributed by atoms with Crippen LogP contribution in [0.5, 0.6) is 0 Å². The minimum Gasteiger partial charge on any atom is -0.284 e. The number of nitrogens with one attached hydrogen (secondary N) is 2. The number of nitrogens with zero attached hydrogens (tertiary/aromatic N) is 3. The van der Waals surface area contributed by atoms with Gasteiger partial charge < -0.3 is 0 Å². The van der Waals surface area contributed by atoms with E-state index in [0.717, 1.165) is 48.3 Å². The molecule has 1 aromatic carbocycles. The average molecular weight is 568 g/mol. The summed E-state index contributed by atoms with van der Waals surface area (Å²) in [5.41, 5.74) is 6.52. The number of hydrogen-bond acceptors (Lipinski definition) is 5. The molecule has 2 unspecified atom stereocenters. The van der Waals surface area contributed by atoms with Crippen molar-refractivity contribution in [2.24, 2.45) is 5.92 Å². The van der Waals surface area contributed by atoms with Gasteiger partial charge >= 0.3 is 6.18 Å². The molecule has 2 N–H and O–H groups in total. The maximum absolute atomic E-state index is 13.2. The maximum atomic E-state index is 13.2. The molecule has 9 heteroatoms. The average Bonchev–Trinajstić information content (AvgIpc) is 3.07. The molecule has 0 radical (unpaired) electrons. The van der Waals surface area contributed by atoms with Crippen molar-refractivity contribution < 1.29 is 13.2 Å². The molecule has 1 aliphatic rings. The molecule has 2 aromatic heterocycles. The molecule has 3 aromatic rings. The lowest BCUT2D eigenvalue weighted by Crippen LogP contribution is -2.38. The molecule has 0 bridgehead atoms. The summed E-state index contributed by atoms with van der Waals surface area (Å²) in [5, 5.41) is 15.9. The number of pyridine rings is 2. The topological polar surface area (TPSA) is 68.8 Å². The van der Waals surface area contributed by atoms with Crippen molar-refractivity contribution in [3.8, 4) is 0 Å². The van der Waals surface area contributed by atoms with Crippen molar-refractivity contribution in [1.29, 1.82) is 10.8 Å². The quantitative estimate of drug-likeness (QED) is 0.135. The van der Waals surface area contributed by atoms with Gasteiger partial charge in [-0.3, -0.25) is 20.4 Å². The number of hydrogen-bond donors (Lipinski definition) is 2. The molecule has 2 atom stereocenters. The molecule has 0 saturated heterocycles. The highest BCUT2D eigenvalue weighted by Gasteiger charge is 2.36. The Labute approximate surface area is 238 Å². The fourth-order valence-electron chi connectivity index (χ4n) is 5.23. The monoisotopic (exact) mass is 567 g/mol. The molecule has 5 nitrogen and oxygen atoms in total. The van der Waals surface area contributed by atoms with Gasteiger partial charge in [-0.15, -0.1) is 6.58 Å². The van der Waals surface area contributed by atoms with Gasteiger partial charge in [-0.05, 0) is 97.0 Å². The van der Waals surface area contributed by atoms with Gasteiger partial charge in [0.25, 0.3) is 0 Å². The SMILES string of the molecule is C=CCC(c1ccc(C)c(CN2CC(CC)Cc3ncc(C)cc3S2)c1)c1ccn(C(=N)C(F)(F)F)c(=N)c1C. The molecule has 0 spiro atoms. The Balaban J connectivity index is 1.68. The summed E-state index contributed by atoms with van der Waals surface area (Å²) < 4.78 is 42.6. The predicted octanol–water partition coefficient (Wildman–Crippen LogP) is 7.48. The molecule has 40 heavy (non-hydrogen) atoms. The lowest BCUT2D eigenvalue weighted by Gasteiger charge is -2.25. The maximum Gasteiger partial charge on any atom is 0.449 e.